The number of hydrogen-bond donors (Lipinski definition) is 1. The van der Waals surface area contributed by atoms with Crippen LogP contribution in [-0.4, -0.2) is 12.1 Å². The van der Waals surface area contributed by atoms with Crippen LogP contribution >= 0.6 is 0 Å². The summed E-state index contributed by atoms with van der Waals surface area (Å²) in [6.07, 6.45) is 1.73. The molecule has 4 nitrogen and oxygen atoms in total. The fourth-order valence-electron chi connectivity index (χ4n) is 1.80. The van der Waals surface area contributed by atoms with E-state index in [0.29, 0.717) is 23.9 Å². The van der Waals surface area contributed by atoms with Crippen molar-refractivity contribution in [3.8, 4) is 17.4 Å². The quantitative estimate of drug-likeness (QED) is 0.916. The number of methoxy groups -OCH3 is 1. The SMILES string of the molecule is COc1cc(C)ccc1Oc1ncc(CN)cc1C. The fraction of sp³-hybridized carbons (Fsp3) is 0.267. The van der Waals surface area contributed by atoms with Gasteiger partial charge in [-0.1, -0.05) is 6.07 Å². The van der Waals surface area contributed by atoms with Gasteiger partial charge in [-0.2, -0.15) is 0 Å². The summed E-state index contributed by atoms with van der Waals surface area (Å²) in [7, 11) is 1.62. The van der Waals surface area contributed by atoms with Gasteiger partial charge in [0.2, 0.25) is 5.88 Å². The molecule has 0 saturated carbocycles. The summed E-state index contributed by atoms with van der Waals surface area (Å²) in [5, 5.41) is 0. The summed E-state index contributed by atoms with van der Waals surface area (Å²) in [5.74, 6) is 1.92. The van der Waals surface area contributed by atoms with Crippen LogP contribution < -0.4 is 15.2 Å². The van der Waals surface area contributed by atoms with E-state index in [1.165, 1.54) is 0 Å². The Kier molecular flexibility index (Phi) is 4.02. The Morgan fingerprint density at radius 1 is 1.16 bits per heavy atom. The van der Waals surface area contributed by atoms with Crippen LogP contribution in [0, 0.1) is 13.8 Å². The minimum atomic E-state index is 0.474. The predicted octanol–water partition coefficient (Wildman–Crippen LogP) is 2.96. The maximum Gasteiger partial charge on any atom is 0.222 e. The molecule has 2 N–H and O–H groups in total. The zero-order valence-electron chi connectivity index (χ0n) is 11.4. The zero-order chi connectivity index (χ0) is 13.8. The lowest BCUT2D eigenvalue weighted by Crippen LogP contribution is -2.00. The van der Waals surface area contributed by atoms with Crippen LogP contribution in [0.2, 0.25) is 0 Å². The van der Waals surface area contributed by atoms with E-state index in [1.54, 1.807) is 13.3 Å². The summed E-state index contributed by atoms with van der Waals surface area (Å²) in [4.78, 5) is 4.28. The molecule has 100 valence electrons. The second kappa shape index (κ2) is 5.71. The van der Waals surface area contributed by atoms with E-state index in [9.17, 15) is 0 Å². The zero-order valence-corrected chi connectivity index (χ0v) is 11.4. The maximum absolute atomic E-state index is 5.81. The number of benzene rings is 1. The molecule has 1 heterocycles. The monoisotopic (exact) mass is 258 g/mol. The minimum absolute atomic E-state index is 0.474. The Morgan fingerprint density at radius 3 is 2.58 bits per heavy atom. The topological polar surface area (TPSA) is 57.4 Å². The maximum atomic E-state index is 5.81. The van der Waals surface area contributed by atoms with Crippen molar-refractivity contribution >= 4 is 0 Å². The third kappa shape index (κ3) is 3.03. The van der Waals surface area contributed by atoms with Gasteiger partial charge in [0.25, 0.3) is 0 Å². The molecular weight excluding hydrogens is 240 g/mol. The molecule has 0 radical (unpaired) electrons. The summed E-state index contributed by atoms with van der Waals surface area (Å²) < 4.78 is 11.1. The van der Waals surface area contributed by atoms with Gasteiger partial charge in [0.05, 0.1) is 7.11 Å². The summed E-state index contributed by atoms with van der Waals surface area (Å²) in [6, 6.07) is 7.76. The standard InChI is InChI=1S/C15H18N2O2/c1-10-4-5-13(14(6-10)18-3)19-15-11(2)7-12(8-16)9-17-15/h4-7,9H,8,16H2,1-3H3. The van der Waals surface area contributed by atoms with Crippen molar-refractivity contribution in [2.75, 3.05) is 7.11 Å². The molecule has 0 atom stereocenters. The number of nitrogens with two attached hydrogens (primary N) is 1. The van der Waals surface area contributed by atoms with Crippen LogP contribution in [0.15, 0.2) is 30.5 Å². The van der Waals surface area contributed by atoms with Gasteiger partial charge in [-0.25, -0.2) is 4.98 Å². The minimum Gasteiger partial charge on any atom is -0.493 e. The van der Waals surface area contributed by atoms with Gasteiger partial charge in [0, 0.05) is 18.3 Å². The number of aryl methyl sites for hydroxylation is 2. The van der Waals surface area contributed by atoms with Crippen LogP contribution in [-0.2, 0) is 6.54 Å². The van der Waals surface area contributed by atoms with Crippen molar-refractivity contribution in [1.82, 2.24) is 4.98 Å². The first-order valence-electron chi connectivity index (χ1n) is 6.12. The first-order chi connectivity index (χ1) is 9.13. The van der Waals surface area contributed by atoms with Gasteiger partial charge in [-0.05, 0) is 43.2 Å². The Balaban J connectivity index is 2.31. The number of ether oxygens (including phenoxy) is 2. The van der Waals surface area contributed by atoms with E-state index < -0.39 is 0 Å². The predicted molar refractivity (Wildman–Crippen MR) is 74.7 cm³/mol. The largest absolute Gasteiger partial charge is 0.493 e. The van der Waals surface area contributed by atoms with E-state index in [4.69, 9.17) is 15.2 Å². The number of pyridine rings is 1. The lowest BCUT2D eigenvalue weighted by atomic mass is 10.2. The molecule has 19 heavy (non-hydrogen) atoms. The molecule has 1 aromatic carbocycles. The Morgan fingerprint density at radius 2 is 1.95 bits per heavy atom. The van der Waals surface area contributed by atoms with Gasteiger partial charge in [-0.3, -0.25) is 0 Å². The van der Waals surface area contributed by atoms with Crippen molar-refractivity contribution in [1.29, 1.82) is 0 Å². The average Bonchev–Trinajstić information content (AvgIpc) is 2.42. The third-order valence-electron chi connectivity index (χ3n) is 2.85. The van der Waals surface area contributed by atoms with E-state index in [0.717, 1.165) is 16.7 Å². The van der Waals surface area contributed by atoms with Gasteiger partial charge < -0.3 is 15.2 Å². The van der Waals surface area contributed by atoms with Gasteiger partial charge >= 0.3 is 0 Å². The van der Waals surface area contributed by atoms with E-state index in [1.807, 2.05) is 38.1 Å². The molecule has 0 fully saturated rings. The highest BCUT2D eigenvalue weighted by atomic mass is 16.5. The molecule has 0 unspecified atom stereocenters. The second-order valence-electron chi connectivity index (χ2n) is 4.43. The first kappa shape index (κ1) is 13.4. The molecule has 0 amide bonds. The Hall–Kier alpha value is -2.07. The molecule has 0 aliphatic heterocycles. The van der Waals surface area contributed by atoms with Gasteiger partial charge in [0.1, 0.15) is 0 Å². The smallest absolute Gasteiger partial charge is 0.222 e. The Bertz CT molecular complexity index is 582. The number of hydrogen-bond acceptors (Lipinski definition) is 4. The molecule has 2 aromatic rings. The number of aromatic nitrogens is 1. The summed E-state index contributed by atoms with van der Waals surface area (Å²) in [6.45, 7) is 4.43. The van der Waals surface area contributed by atoms with E-state index >= 15 is 0 Å². The lowest BCUT2D eigenvalue weighted by molar-refractivity contribution is 0.373. The summed E-state index contributed by atoms with van der Waals surface area (Å²) in [5.41, 5.74) is 8.64. The van der Waals surface area contributed by atoms with Crippen LogP contribution in [0.4, 0.5) is 0 Å². The van der Waals surface area contributed by atoms with Gasteiger partial charge in [-0.15, -0.1) is 0 Å². The average molecular weight is 258 g/mol. The molecule has 2 rings (SSSR count). The molecular formula is C15H18N2O2. The van der Waals surface area contributed by atoms with Crippen LogP contribution in [0.1, 0.15) is 16.7 Å². The fourth-order valence-corrected chi connectivity index (χ4v) is 1.80. The highest BCUT2D eigenvalue weighted by Gasteiger charge is 2.09. The van der Waals surface area contributed by atoms with Crippen LogP contribution in [0.5, 0.6) is 17.4 Å². The second-order valence-corrected chi connectivity index (χ2v) is 4.43. The van der Waals surface area contributed by atoms with E-state index in [2.05, 4.69) is 4.98 Å². The van der Waals surface area contributed by atoms with E-state index in [-0.39, 0.29) is 0 Å². The molecule has 0 bridgehead atoms. The van der Waals surface area contributed by atoms with Crippen molar-refractivity contribution in [2.45, 2.75) is 20.4 Å². The molecule has 1 aromatic heterocycles. The van der Waals surface area contributed by atoms with Crippen LogP contribution in [0.3, 0.4) is 0 Å². The van der Waals surface area contributed by atoms with Gasteiger partial charge in [0.15, 0.2) is 11.5 Å². The third-order valence-corrected chi connectivity index (χ3v) is 2.85. The van der Waals surface area contributed by atoms with Crippen molar-refractivity contribution in [3.05, 3.63) is 47.2 Å². The molecule has 0 saturated heterocycles. The first-order valence-corrected chi connectivity index (χ1v) is 6.12. The highest BCUT2D eigenvalue weighted by molar-refractivity contribution is 5.45. The highest BCUT2D eigenvalue weighted by Crippen LogP contribution is 2.32. The molecule has 0 aliphatic carbocycles. The van der Waals surface area contributed by atoms with Crippen LogP contribution in [0.25, 0.3) is 0 Å². The van der Waals surface area contributed by atoms with Crippen molar-refractivity contribution < 1.29 is 9.47 Å². The van der Waals surface area contributed by atoms with Crippen molar-refractivity contribution in [2.24, 2.45) is 5.73 Å². The molecule has 0 spiro atoms. The normalized spacial score (nSPS) is 10.3. The number of nitrogens with zero attached hydrogens (tertiary/aromatic N) is 1. The molecule has 0 aliphatic rings. The lowest BCUT2D eigenvalue weighted by Gasteiger charge is -2.12. The Labute approximate surface area is 113 Å². The number of rotatable bonds is 4. The summed E-state index contributed by atoms with van der Waals surface area (Å²) >= 11 is 0. The van der Waals surface area contributed by atoms with Crippen molar-refractivity contribution in [3.63, 3.8) is 0 Å². The molecule has 4 heteroatoms.